The molecule has 148 valence electrons. The molecule has 0 aliphatic heterocycles. The van der Waals surface area contributed by atoms with E-state index >= 15 is 0 Å². The third-order valence-electron chi connectivity index (χ3n) is 2.97. The van der Waals surface area contributed by atoms with Crippen molar-refractivity contribution in [1.29, 1.82) is 0 Å². The Morgan fingerprint density at radius 3 is 2.41 bits per heavy atom. The Bertz CT molecular complexity index is 767. The van der Waals surface area contributed by atoms with Crippen LogP contribution in [-0.4, -0.2) is 34.6 Å². The minimum atomic E-state index is -4.90. The van der Waals surface area contributed by atoms with Crippen molar-refractivity contribution in [2.24, 2.45) is 0 Å². The lowest BCUT2D eigenvalue weighted by Crippen LogP contribution is -2.17. The van der Waals surface area contributed by atoms with Gasteiger partial charge in [-0.1, -0.05) is 6.07 Å². The van der Waals surface area contributed by atoms with Crippen LogP contribution < -0.4 is 15.4 Å². The number of rotatable bonds is 7. The van der Waals surface area contributed by atoms with Crippen molar-refractivity contribution in [3.05, 3.63) is 36.0 Å². The molecule has 2 aromatic rings. The molecule has 0 saturated heterocycles. The van der Waals surface area contributed by atoms with E-state index in [4.69, 9.17) is 5.11 Å². The summed E-state index contributed by atoms with van der Waals surface area (Å²) in [5.41, 5.74) is -1.21. The summed E-state index contributed by atoms with van der Waals surface area (Å²) in [6, 6.07) is 5.19. The van der Waals surface area contributed by atoms with E-state index in [2.05, 4.69) is 25.3 Å². The fourth-order valence-corrected chi connectivity index (χ4v) is 1.93. The second-order valence-electron chi connectivity index (χ2n) is 5.16. The number of benzene rings is 1. The molecule has 27 heavy (non-hydrogen) atoms. The van der Waals surface area contributed by atoms with Crippen molar-refractivity contribution in [3.8, 4) is 5.75 Å². The number of anilines is 3. The third-order valence-corrected chi connectivity index (χ3v) is 2.97. The van der Waals surface area contributed by atoms with Gasteiger partial charge in [0.25, 0.3) is 0 Å². The highest BCUT2D eigenvalue weighted by Gasteiger charge is 2.34. The topological polar surface area (TPSA) is 79.3 Å². The van der Waals surface area contributed by atoms with Crippen LogP contribution in [0, 0.1) is 0 Å². The molecule has 0 aliphatic rings. The van der Waals surface area contributed by atoms with Crippen LogP contribution in [0.5, 0.6) is 5.75 Å². The van der Waals surface area contributed by atoms with Crippen LogP contribution in [0.2, 0.25) is 0 Å². The van der Waals surface area contributed by atoms with Crippen molar-refractivity contribution in [2.45, 2.75) is 19.0 Å². The fourth-order valence-electron chi connectivity index (χ4n) is 1.93. The largest absolute Gasteiger partial charge is 0.573 e. The van der Waals surface area contributed by atoms with Gasteiger partial charge in [-0.05, 0) is 18.6 Å². The van der Waals surface area contributed by atoms with Gasteiger partial charge >= 0.3 is 12.5 Å². The Labute approximate surface area is 149 Å². The number of hydrogen-bond acceptors (Lipinski definition) is 6. The summed E-state index contributed by atoms with van der Waals surface area (Å²) >= 11 is 0. The molecule has 0 saturated carbocycles. The van der Waals surface area contributed by atoms with Gasteiger partial charge in [-0.25, -0.2) is 4.98 Å². The number of nitrogens with zero attached hydrogens (tertiary/aromatic N) is 2. The molecule has 2 rings (SSSR count). The Balaban J connectivity index is 2.26. The van der Waals surface area contributed by atoms with Crippen LogP contribution in [0.25, 0.3) is 0 Å². The molecule has 0 spiro atoms. The highest BCUT2D eigenvalue weighted by atomic mass is 19.4. The van der Waals surface area contributed by atoms with Gasteiger partial charge in [-0.2, -0.15) is 18.2 Å². The maximum Gasteiger partial charge on any atom is 0.573 e. The van der Waals surface area contributed by atoms with Crippen molar-refractivity contribution in [2.75, 3.05) is 23.8 Å². The van der Waals surface area contributed by atoms with Crippen molar-refractivity contribution in [3.63, 3.8) is 0 Å². The van der Waals surface area contributed by atoms with E-state index in [1.807, 2.05) is 0 Å². The van der Waals surface area contributed by atoms with Crippen molar-refractivity contribution in [1.82, 2.24) is 9.97 Å². The highest BCUT2D eigenvalue weighted by Crippen LogP contribution is 2.31. The second kappa shape index (κ2) is 8.29. The summed E-state index contributed by atoms with van der Waals surface area (Å²) < 4.78 is 79.6. The molecule has 12 heteroatoms. The SMILES string of the molecule is OCCCNc1nc(Nc2cccc(OC(F)(F)F)c2)cc(C(F)(F)F)n1. The number of halogens is 6. The Morgan fingerprint density at radius 2 is 1.78 bits per heavy atom. The standard InChI is InChI=1S/C15H14F6N4O2/c16-14(17,18)11-8-12(25-13(24-11)22-5-2-6-26)23-9-3-1-4-10(7-9)27-15(19,20)21/h1,3-4,7-8,26H,2,5-6H2,(H2,22,23,24,25). The van der Waals surface area contributed by atoms with Crippen LogP contribution in [0.15, 0.2) is 30.3 Å². The predicted octanol–water partition coefficient (Wildman–Crippen LogP) is 3.93. The Kier molecular flexibility index (Phi) is 6.31. The first kappa shape index (κ1) is 20.6. The second-order valence-corrected chi connectivity index (χ2v) is 5.16. The summed E-state index contributed by atoms with van der Waals surface area (Å²) in [5.74, 6) is -1.17. The van der Waals surface area contributed by atoms with Gasteiger partial charge in [0.2, 0.25) is 5.95 Å². The first-order valence-electron chi connectivity index (χ1n) is 7.51. The maximum atomic E-state index is 13.0. The number of aromatic nitrogens is 2. The van der Waals surface area contributed by atoms with Gasteiger partial charge in [0.1, 0.15) is 11.6 Å². The van der Waals surface area contributed by atoms with E-state index in [9.17, 15) is 26.3 Å². The van der Waals surface area contributed by atoms with Gasteiger partial charge in [-0.15, -0.1) is 13.2 Å². The molecule has 0 fully saturated rings. The number of ether oxygens (including phenoxy) is 1. The molecule has 3 N–H and O–H groups in total. The molecular formula is C15H14F6N4O2. The number of nitrogens with one attached hydrogen (secondary N) is 2. The molecule has 1 aromatic carbocycles. The number of aliphatic hydroxyl groups is 1. The van der Waals surface area contributed by atoms with Crippen LogP contribution >= 0.6 is 0 Å². The number of hydrogen-bond donors (Lipinski definition) is 3. The molecule has 0 aliphatic carbocycles. The van der Waals surface area contributed by atoms with Gasteiger partial charge in [0, 0.05) is 31.0 Å². The molecule has 0 amide bonds. The molecule has 0 unspecified atom stereocenters. The number of aliphatic hydroxyl groups excluding tert-OH is 1. The zero-order chi connectivity index (χ0) is 20.1. The summed E-state index contributed by atoms with van der Waals surface area (Å²) in [7, 11) is 0. The zero-order valence-electron chi connectivity index (χ0n) is 13.5. The lowest BCUT2D eigenvalue weighted by molar-refractivity contribution is -0.274. The van der Waals surface area contributed by atoms with Crippen LogP contribution in [0.4, 0.5) is 43.8 Å². The molecular weight excluding hydrogens is 382 g/mol. The first-order chi connectivity index (χ1) is 12.6. The molecule has 0 bridgehead atoms. The molecule has 0 radical (unpaired) electrons. The highest BCUT2D eigenvalue weighted by molar-refractivity contribution is 5.59. The molecule has 6 nitrogen and oxygen atoms in total. The van der Waals surface area contributed by atoms with E-state index in [-0.39, 0.29) is 37.0 Å². The summed E-state index contributed by atoms with van der Waals surface area (Å²) in [6.07, 6.45) is -9.39. The van der Waals surface area contributed by atoms with Crippen LogP contribution in [0.1, 0.15) is 12.1 Å². The van der Waals surface area contributed by atoms with E-state index < -0.39 is 24.0 Å². The van der Waals surface area contributed by atoms with E-state index in [0.29, 0.717) is 6.07 Å². The summed E-state index contributed by atoms with van der Waals surface area (Å²) in [6.45, 7) is -0.0464. The molecule has 1 heterocycles. The monoisotopic (exact) mass is 396 g/mol. The number of alkyl halides is 6. The van der Waals surface area contributed by atoms with Crippen LogP contribution in [-0.2, 0) is 6.18 Å². The maximum absolute atomic E-state index is 13.0. The summed E-state index contributed by atoms with van der Waals surface area (Å²) in [4.78, 5) is 7.18. The lowest BCUT2D eigenvalue weighted by Gasteiger charge is -2.14. The minimum absolute atomic E-state index is 0.0323. The normalized spacial score (nSPS) is 12.0. The smallest absolute Gasteiger partial charge is 0.406 e. The summed E-state index contributed by atoms with van der Waals surface area (Å²) in [5, 5.41) is 13.7. The Morgan fingerprint density at radius 1 is 1.04 bits per heavy atom. The van der Waals surface area contributed by atoms with Crippen molar-refractivity contribution < 1.29 is 36.2 Å². The van der Waals surface area contributed by atoms with Crippen LogP contribution in [0.3, 0.4) is 0 Å². The van der Waals surface area contributed by atoms with Gasteiger partial charge in [0.15, 0.2) is 5.69 Å². The lowest BCUT2D eigenvalue weighted by atomic mass is 10.3. The zero-order valence-corrected chi connectivity index (χ0v) is 13.5. The predicted molar refractivity (Wildman–Crippen MR) is 83.6 cm³/mol. The molecule has 0 atom stereocenters. The molecule has 1 aromatic heterocycles. The Hall–Kier alpha value is -2.76. The quantitative estimate of drug-likeness (QED) is 0.486. The van der Waals surface area contributed by atoms with E-state index in [1.54, 1.807) is 0 Å². The van der Waals surface area contributed by atoms with Gasteiger partial charge in [0.05, 0.1) is 0 Å². The minimum Gasteiger partial charge on any atom is -0.406 e. The van der Waals surface area contributed by atoms with Gasteiger partial charge in [-0.3, -0.25) is 0 Å². The van der Waals surface area contributed by atoms with E-state index in [0.717, 1.165) is 12.1 Å². The average Bonchev–Trinajstić information content (AvgIpc) is 2.53. The van der Waals surface area contributed by atoms with Gasteiger partial charge < -0.3 is 20.5 Å². The first-order valence-corrected chi connectivity index (χ1v) is 7.51. The average molecular weight is 396 g/mol. The van der Waals surface area contributed by atoms with Crippen molar-refractivity contribution >= 4 is 17.5 Å². The third kappa shape index (κ3) is 6.81. The fraction of sp³-hybridized carbons (Fsp3) is 0.333. The van der Waals surface area contributed by atoms with E-state index in [1.165, 1.54) is 12.1 Å².